The summed E-state index contributed by atoms with van der Waals surface area (Å²) >= 11 is 0. The van der Waals surface area contributed by atoms with E-state index in [4.69, 9.17) is 11.1 Å². The van der Waals surface area contributed by atoms with Crippen LogP contribution < -0.4 is 10.6 Å². The maximum absolute atomic E-state index is 7.76. The summed E-state index contributed by atoms with van der Waals surface area (Å²) in [6.07, 6.45) is 0. The van der Waals surface area contributed by atoms with E-state index in [9.17, 15) is 0 Å². The molecule has 1 aromatic carbocycles. The minimum absolute atomic E-state index is 0.160. The first-order valence-corrected chi connectivity index (χ1v) is 7.39. The molecule has 0 aromatic heterocycles. The van der Waals surface area contributed by atoms with Crippen molar-refractivity contribution in [3.05, 3.63) is 29.3 Å². The Labute approximate surface area is 122 Å². The number of amidine groups is 1. The molecule has 0 atom stereocenters. The van der Waals surface area contributed by atoms with E-state index in [0.717, 1.165) is 43.0 Å². The minimum atomic E-state index is 0.160. The molecule has 3 N–H and O–H groups in total. The number of hydrogen-bond donors (Lipinski definition) is 2. The predicted octanol–water partition coefficient (Wildman–Crippen LogP) is 2.06. The lowest BCUT2D eigenvalue weighted by Crippen LogP contribution is -2.47. The van der Waals surface area contributed by atoms with Gasteiger partial charge in [-0.2, -0.15) is 0 Å². The van der Waals surface area contributed by atoms with Gasteiger partial charge in [-0.05, 0) is 25.0 Å². The third-order valence-electron chi connectivity index (χ3n) is 3.78. The third kappa shape index (κ3) is 3.51. The number of rotatable bonds is 4. The van der Waals surface area contributed by atoms with E-state index in [1.165, 1.54) is 6.54 Å². The van der Waals surface area contributed by atoms with Crippen LogP contribution in [0.3, 0.4) is 0 Å². The molecule has 110 valence electrons. The number of nitrogens with two attached hydrogens (primary N) is 1. The van der Waals surface area contributed by atoms with Gasteiger partial charge in [-0.1, -0.05) is 25.5 Å². The molecule has 0 bridgehead atoms. The van der Waals surface area contributed by atoms with Crippen LogP contribution in [0.25, 0.3) is 0 Å². The normalized spacial score (nSPS) is 16.7. The molecule has 4 heteroatoms. The summed E-state index contributed by atoms with van der Waals surface area (Å²) < 4.78 is 0. The van der Waals surface area contributed by atoms with Crippen molar-refractivity contribution in [3.8, 4) is 0 Å². The average molecular weight is 274 g/mol. The van der Waals surface area contributed by atoms with Crippen molar-refractivity contribution in [1.82, 2.24) is 4.90 Å². The molecular weight excluding hydrogens is 248 g/mol. The molecule has 0 saturated carbocycles. The molecule has 0 radical (unpaired) electrons. The van der Waals surface area contributed by atoms with Crippen LogP contribution in [0, 0.1) is 18.3 Å². The van der Waals surface area contributed by atoms with Crippen molar-refractivity contribution in [2.45, 2.75) is 20.8 Å². The van der Waals surface area contributed by atoms with E-state index < -0.39 is 0 Å². The summed E-state index contributed by atoms with van der Waals surface area (Å²) in [5, 5.41) is 7.76. The molecule has 1 saturated heterocycles. The van der Waals surface area contributed by atoms with E-state index >= 15 is 0 Å². The molecule has 0 amide bonds. The number of nitrogens with zero attached hydrogens (tertiary/aromatic N) is 2. The van der Waals surface area contributed by atoms with Crippen LogP contribution in [-0.2, 0) is 0 Å². The fraction of sp³-hybridized carbons (Fsp3) is 0.562. The van der Waals surface area contributed by atoms with Gasteiger partial charge < -0.3 is 10.6 Å². The fourth-order valence-electron chi connectivity index (χ4n) is 2.83. The zero-order valence-corrected chi connectivity index (χ0v) is 12.8. The number of benzene rings is 1. The van der Waals surface area contributed by atoms with Crippen molar-refractivity contribution in [2.24, 2.45) is 11.7 Å². The molecule has 2 rings (SSSR count). The maximum atomic E-state index is 7.76. The van der Waals surface area contributed by atoms with E-state index in [1.807, 2.05) is 13.0 Å². The smallest absolute Gasteiger partial charge is 0.124 e. The summed E-state index contributed by atoms with van der Waals surface area (Å²) in [4.78, 5) is 4.87. The zero-order valence-electron chi connectivity index (χ0n) is 12.8. The standard InChI is InChI=1S/C16H26N4/c1-12(2)11-19-6-8-20(9-7-19)15-5-4-13(3)10-14(15)16(17)18/h4-5,10,12H,6-9,11H2,1-3H3,(H3,17,18). The second-order valence-corrected chi connectivity index (χ2v) is 6.12. The lowest BCUT2D eigenvalue weighted by Gasteiger charge is -2.37. The summed E-state index contributed by atoms with van der Waals surface area (Å²) in [6, 6.07) is 6.21. The Hall–Kier alpha value is -1.55. The van der Waals surface area contributed by atoms with Crippen LogP contribution in [0.1, 0.15) is 25.0 Å². The van der Waals surface area contributed by atoms with Gasteiger partial charge in [0.2, 0.25) is 0 Å². The first-order valence-electron chi connectivity index (χ1n) is 7.39. The number of nitrogen functional groups attached to an aromatic ring is 1. The molecule has 0 unspecified atom stereocenters. The predicted molar refractivity (Wildman–Crippen MR) is 85.7 cm³/mol. The molecule has 1 heterocycles. The Morgan fingerprint density at radius 2 is 1.90 bits per heavy atom. The highest BCUT2D eigenvalue weighted by atomic mass is 15.3. The van der Waals surface area contributed by atoms with Gasteiger partial charge in [0.1, 0.15) is 5.84 Å². The van der Waals surface area contributed by atoms with Crippen molar-refractivity contribution < 1.29 is 0 Å². The molecule has 0 spiro atoms. The third-order valence-corrected chi connectivity index (χ3v) is 3.78. The monoisotopic (exact) mass is 274 g/mol. The second-order valence-electron chi connectivity index (χ2n) is 6.12. The lowest BCUT2D eigenvalue weighted by molar-refractivity contribution is 0.231. The van der Waals surface area contributed by atoms with Crippen molar-refractivity contribution in [3.63, 3.8) is 0 Å². The molecule has 1 fully saturated rings. The Bertz CT molecular complexity index is 473. The highest BCUT2D eigenvalue weighted by Gasteiger charge is 2.20. The van der Waals surface area contributed by atoms with Crippen molar-refractivity contribution in [1.29, 1.82) is 5.41 Å². The summed E-state index contributed by atoms with van der Waals surface area (Å²) in [7, 11) is 0. The number of hydrogen-bond acceptors (Lipinski definition) is 3. The first kappa shape index (κ1) is 14.9. The van der Waals surface area contributed by atoms with E-state index in [0.29, 0.717) is 5.92 Å². The number of nitrogens with one attached hydrogen (secondary N) is 1. The summed E-state index contributed by atoms with van der Waals surface area (Å²) in [5.74, 6) is 0.877. The Morgan fingerprint density at radius 3 is 2.45 bits per heavy atom. The van der Waals surface area contributed by atoms with Crippen LogP contribution in [0.4, 0.5) is 5.69 Å². The second kappa shape index (κ2) is 6.27. The SMILES string of the molecule is Cc1ccc(N2CCN(CC(C)C)CC2)c(C(=N)N)c1. The van der Waals surface area contributed by atoms with Gasteiger partial charge in [0.25, 0.3) is 0 Å². The van der Waals surface area contributed by atoms with Gasteiger partial charge in [-0.25, -0.2) is 0 Å². The molecule has 0 aliphatic carbocycles. The number of piperazine rings is 1. The summed E-state index contributed by atoms with van der Waals surface area (Å²) in [6.45, 7) is 11.9. The van der Waals surface area contributed by atoms with Gasteiger partial charge in [-0.3, -0.25) is 10.3 Å². The van der Waals surface area contributed by atoms with Crippen LogP contribution in [0.5, 0.6) is 0 Å². The van der Waals surface area contributed by atoms with E-state index in [2.05, 4.69) is 35.8 Å². The van der Waals surface area contributed by atoms with Crippen molar-refractivity contribution in [2.75, 3.05) is 37.6 Å². The largest absolute Gasteiger partial charge is 0.384 e. The van der Waals surface area contributed by atoms with Crippen LogP contribution in [0.2, 0.25) is 0 Å². The fourth-order valence-corrected chi connectivity index (χ4v) is 2.83. The van der Waals surface area contributed by atoms with Gasteiger partial charge in [0.05, 0.1) is 0 Å². The van der Waals surface area contributed by atoms with Gasteiger partial charge in [-0.15, -0.1) is 0 Å². The van der Waals surface area contributed by atoms with Crippen LogP contribution in [0.15, 0.2) is 18.2 Å². The van der Waals surface area contributed by atoms with E-state index in [1.54, 1.807) is 0 Å². The highest BCUT2D eigenvalue weighted by Crippen LogP contribution is 2.23. The van der Waals surface area contributed by atoms with Crippen LogP contribution in [-0.4, -0.2) is 43.5 Å². The van der Waals surface area contributed by atoms with Gasteiger partial charge in [0.15, 0.2) is 0 Å². The van der Waals surface area contributed by atoms with Gasteiger partial charge >= 0.3 is 0 Å². The minimum Gasteiger partial charge on any atom is -0.384 e. The van der Waals surface area contributed by atoms with Crippen molar-refractivity contribution >= 4 is 11.5 Å². The number of anilines is 1. The molecule has 20 heavy (non-hydrogen) atoms. The molecule has 1 aliphatic rings. The number of aryl methyl sites for hydroxylation is 1. The average Bonchev–Trinajstić information content (AvgIpc) is 2.39. The molecule has 1 aromatic rings. The highest BCUT2D eigenvalue weighted by molar-refractivity contribution is 6.00. The van der Waals surface area contributed by atoms with Gasteiger partial charge in [0, 0.05) is 44.0 Å². The Morgan fingerprint density at radius 1 is 1.25 bits per heavy atom. The topological polar surface area (TPSA) is 56.4 Å². The molecular formula is C16H26N4. The van der Waals surface area contributed by atoms with E-state index in [-0.39, 0.29) is 5.84 Å². The van der Waals surface area contributed by atoms with Crippen LogP contribution >= 0.6 is 0 Å². The first-order chi connectivity index (χ1) is 9.47. The quantitative estimate of drug-likeness (QED) is 0.652. The Kier molecular flexibility index (Phi) is 4.65. The molecule has 1 aliphatic heterocycles. The maximum Gasteiger partial charge on any atom is 0.124 e. The Balaban J connectivity index is 2.09. The molecule has 4 nitrogen and oxygen atoms in total. The zero-order chi connectivity index (χ0) is 14.7. The summed E-state index contributed by atoms with van der Waals surface area (Å²) in [5.41, 5.74) is 8.85. The lowest BCUT2D eigenvalue weighted by atomic mass is 10.1.